The number of amides is 1. The topological polar surface area (TPSA) is 49.6 Å². The van der Waals surface area contributed by atoms with Gasteiger partial charge in [0.15, 0.2) is 0 Å². The Bertz CT molecular complexity index is 432. The zero-order valence-electron chi connectivity index (χ0n) is 10.6. The molecule has 1 aromatic rings. The Hall–Kier alpha value is -1.23. The number of nitrogens with zero attached hydrogens (tertiary/aromatic N) is 2. The van der Waals surface area contributed by atoms with E-state index >= 15 is 0 Å². The molecule has 2 N–H and O–H groups in total. The summed E-state index contributed by atoms with van der Waals surface area (Å²) in [4.78, 5) is 15.1. The van der Waals surface area contributed by atoms with Crippen molar-refractivity contribution in [2.24, 2.45) is 0 Å². The van der Waals surface area contributed by atoms with Crippen molar-refractivity contribution in [2.45, 2.75) is 6.92 Å². The van der Waals surface area contributed by atoms with Gasteiger partial charge in [0.2, 0.25) is 5.91 Å². The summed E-state index contributed by atoms with van der Waals surface area (Å²) in [6.07, 6.45) is 0. The van der Waals surface area contributed by atoms with Gasteiger partial charge in [-0.05, 0) is 40.5 Å². The van der Waals surface area contributed by atoms with E-state index in [0.717, 1.165) is 21.4 Å². The second kappa shape index (κ2) is 5.40. The fourth-order valence-corrected chi connectivity index (χ4v) is 2.07. The molecule has 0 bridgehead atoms. The summed E-state index contributed by atoms with van der Waals surface area (Å²) in [5, 5.41) is 0. The molecule has 0 fully saturated rings. The van der Waals surface area contributed by atoms with Crippen molar-refractivity contribution in [3.63, 3.8) is 0 Å². The highest BCUT2D eigenvalue weighted by atomic mass is 79.9. The van der Waals surface area contributed by atoms with Crippen LogP contribution in [0.4, 0.5) is 11.4 Å². The fraction of sp³-hybridized carbons (Fsp3) is 0.417. The van der Waals surface area contributed by atoms with Crippen molar-refractivity contribution < 1.29 is 4.79 Å². The molecule has 0 aliphatic rings. The van der Waals surface area contributed by atoms with Gasteiger partial charge in [-0.3, -0.25) is 4.79 Å². The first kappa shape index (κ1) is 13.8. The molecule has 5 heteroatoms. The number of anilines is 2. The molecule has 0 aromatic heterocycles. The van der Waals surface area contributed by atoms with Crippen LogP contribution in [0.3, 0.4) is 0 Å². The molecule has 0 unspecified atom stereocenters. The molecule has 1 amide bonds. The molecule has 0 aliphatic carbocycles. The summed E-state index contributed by atoms with van der Waals surface area (Å²) in [5.74, 6) is 0.0638. The molecule has 1 aromatic carbocycles. The van der Waals surface area contributed by atoms with Crippen LogP contribution in [0.2, 0.25) is 0 Å². The van der Waals surface area contributed by atoms with Crippen LogP contribution in [0.15, 0.2) is 16.6 Å². The number of hydrogen-bond acceptors (Lipinski definition) is 3. The Morgan fingerprint density at radius 1 is 1.35 bits per heavy atom. The molecule has 94 valence electrons. The minimum Gasteiger partial charge on any atom is -0.398 e. The lowest BCUT2D eigenvalue weighted by Gasteiger charge is -2.23. The second-order valence-electron chi connectivity index (χ2n) is 4.30. The lowest BCUT2D eigenvalue weighted by atomic mass is 10.1. The molecule has 0 atom stereocenters. The maximum absolute atomic E-state index is 11.6. The molecular weight excluding hydrogens is 282 g/mol. The van der Waals surface area contributed by atoms with Gasteiger partial charge in [0, 0.05) is 31.3 Å². The number of carbonyl (C=O) groups excluding carboxylic acids is 1. The van der Waals surface area contributed by atoms with Crippen LogP contribution >= 0.6 is 15.9 Å². The number of rotatable bonds is 3. The molecule has 0 heterocycles. The van der Waals surface area contributed by atoms with Gasteiger partial charge >= 0.3 is 0 Å². The van der Waals surface area contributed by atoms with Crippen LogP contribution in [0, 0.1) is 6.92 Å². The van der Waals surface area contributed by atoms with Gasteiger partial charge in [-0.15, -0.1) is 0 Å². The Labute approximate surface area is 111 Å². The normalized spacial score (nSPS) is 10.2. The fourth-order valence-electron chi connectivity index (χ4n) is 1.40. The van der Waals surface area contributed by atoms with Crippen molar-refractivity contribution in [3.8, 4) is 0 Å². The summed E-state index contributed by atoms with van der Waals surface area (Å²) in [5.41, 5.74) is 8.53. The van der Waals surface area contributed by atoms with E-state index in [2.05, 4.69) is 15.9 Å². The van der Waals surface area contributed by atoms with Crippen LogP contribution in [-0.4, -0.2) is 38.5 Å². The van der Waals surface area contributed by atoms with Crippen LogP contribution < -0.4 is 10.6 Å². The number of carbonyl (C=O) groups is 1. The molecular formula is C12H18BrN3O. The number of benzene rings is 1. The summed E-state index contributed by atoms with van der Waals surface area (Å²) in [7, 11) is 5.38. The van der Waals surface area contributed by atoms with Crippen molar-refractivity contribution in [1.82, 2.24) is 4.90 Å². The number of nitrogens with two attached hydrogens (primary N) is 1. The minimum atomic E-state index is 0.0638. The molecule has 0 spiro atoms. The highest BCUT2D eigenvalue weighted by Gasteiger charge is 2.12. The van der Waals surface area contributed by atoms with Gasteiger partial charge in [-0.25, -0.2) is 0 Å². The monoisotopic (exact) mass is 299 g/mol. The van der Waals surface area contributed by atoms with Gasteiger partial charge in [-0.1, -0.05) is 0 Å². The number of halogens is 1. The second-order valence-corrected chi connectivity index (χ2v) is 5.16. The van der Waals surface area contributed by atoms with Gasteiger partial charge < -0.3 is 15.5 Å². The van der Waals surface area contributed by atoms with Gasteiger partial charge in [0.1, 0.15) is 0 Å². The van der Waals surface area contributed by atoms with E-state index in [1.807, 2.05) is 31.0 Å². The van der Waals surface area contributed by atoms with Crippen molar-refractivity contribution in [2.75, 3.05) is 38.3 Å². The van der Waals surface area contributed by atoms with Crippen LogP contribution in [0.5, 0.6) is 0 Å². The molecule has 4 nitrogen and oxygen atoms in total. The average Bonchev–Trinajstić information content (AvgIpc) is 2.22. The molecule has 1 rings (SSSR count). The first-order valence-electron chi connectivity index (χ1n) is 5.30. The number of aryl methyl sites for hydroxylation is 1. The van der Waals surface area contributed by atoms with Gasteiger partial charge in [0.25, 0.3) is 0 Å². The maximum Gasteiger partial charge on any atom is 0.241 e. The summed E-state index contributed by atoms with van der Waals surface area (Å²) < 4.78 is 0.898. The van der Waals surface area contributed by atoms with Gasteiger partial charge in [-0.2, -0.15) is 0 Å². The highest BCUT2D eigenvalue weighted by molar-refractivity contribution is 9.10. The summed E-state index contributed by atoms with van der Waals surface area (Å²) in [6.45, 7) is 2.29. The largest absolute Gasteiger partial charge is 0.398 e. The lowest BCUT2D eigenvalue weighted by molar-refractivity contribution is -0.127. The van der Waals surface area contributed by atoms with E-state index in [4.69, 9.17) is 5.73 Å². The number of likely N-dealkylation sites (N-methyl/N-ethyl adjacent to an activating group) is 2. The molecule has 0 aliphatic heterocycles. The molecule has 0 saturated heterocycles. The van der Waals surface area contributed by atoms with Crippen molar-refractivity contribution in [1.29, 1.82) is 0 Å². The quantitative estimate of drug-likeness (QED) is 0.867. The third-order valence-corrected chi connectivity index (χ3v) is 3.25. The first-order valence-corrected chi connectivity index (χ1v) is 6.09. The van der Waals surface area contributed by atoms with E-state index < -0.39 is 0 Å². The van der Waals surface area contributed by atoms with E-state index in [1.165, 1.54) is 0 Å². The Morgan fingerprint density at radius 3 is 2.47 bits per heavy atom. The maximum atomic E-state index is 11.6. The third-order valence-electron chi connectivity index (χ3n) is 2.62. The van der Waals surface area contributed by atoms with Gasteiger partial charge in [0.05, 0.1) is 12.2 Å². The predicted molar refractivity (Wildman–Crippen MR) is 75.3 cm³/mol. The van der Waals surface area contributed by atoms with E-state index in [9.17, 15) is 4.79 Å². The Morgan fingerprint density at radius 2 is 1.94 bits per heavy atom. The lowest BCUT2D eigenvalue weighted by Crippen LogP contribution is -2.34. The minimum absolute atomic E-state index is 0.0638. The molecule has 0 radical (unpaired) electrons. The van der Waals surface area contributed by atoms with E-state index in [0.29, 0.717) is 6.54 Å². The summed E-state index contributed by atoms with van der Waals surface area (Å²) >= 11 is 3.46. The Balaban J connectivity index is 2.93. The van der Waals surface area contributed by atoms with Crippen LogP contribution in [0.1, 0.15) is 5.56 Å². The predicted octanol–water partition coefficient (Wildman–Crippen LogP) is 1.86. The van der Waals surface area contributed by atoms with Crippen molar-refractivity contribution in [3.05, 3.63) is 22.2 Å². The van der Waals surface area contributed by atoms with E-state index in [1.54, 1.807) is 19.0 Å². The van der Waals surface area contributed by atoms with Crippen LogP contribution in [0.25, 0.3) is 0 Å². The smallest absolute Gasteiger partial charge is 0.241 e. The third kappa shape index (κ3) is 3.36. The van der Waals surface area contributed by atoms with Crippen molar-refractivity contribution >= 4 is 33.2 Å². The SMILES string of the molecule is Cc1cc(N(C)CC(=O)N(C)C)c(Br)cc1N. The number of hydrogen-bond donors (Lipinski definition) is 1. The molecule has 0 saturated carbocycles. The standard InChI is InChI=1S/C12H18BrN3O/c1-8-5-11(9(13)6-10(8)14)16(4)7-12(17)15(2)3/h5-6H,7,14H2,1-4H3. The zero-order valence-corrected chi connectivity index (χ0v) is 12.2. The highest BCUT2D eigenvalue weighted by Crippen LogP contribution is 2.30. The van der Waals surface area contributed by atoms with E-state index in [-0.39, 0.29) is 5.91 Å². The molecule has 17 heavy (non-hydrogen) atoms. The average molecular weight is 300 g/mol. The zero-order chi connectivity index (χ0) is 13.2. The number of nitrogen functional groups attached to an aromatic ring is 1. The summed E-state index contributed by atoms with van der Waals surface area (Å²) in [6, 6.07) is 3.84. The Kier molecular flexibility index (Phi) is 4.40. The van der Waals surface area contributed by atoms with Crippen LogP contribution in [-0.2, 0) is 4.79 Å². The first-order chi connectivity index (χ1) is 7.82.